The van der Waals surface area contributed by atoms with Crippen LogP contribution < -0.4 is 15.5 Å². The summed E-state index contributed by atoms with van der Waals surface area (Å²) in [5.74, 6) is 3.21. The minimum Gasteiger partial charge on any atom is -0.378 e. The number of hydrogen-bond acceptors (Lipinski definition) is 10. The van der Waals surface area contributed by atoms with Gasteiger partial charge in [0.15, 0.2) is 22.8 Å². The first kappa shape index (κ1) is 23.8. The second-order valence-corrected chi connectivity index (χ2v) is 10.5. The van der Waals surface area contributed by atoms with Crippen molar-refractivity contribution in [3.05, 3.63) is 12.4 Å². The highest BCUT2D eigenvalue weighted by Crippen LogP contribution is 2.37. The predicted octanol–water partition coefficient (Wildman–Crippen LogP) is 1.56. The van der Waals surface area contributed by atoms with Crippen LogP contribution in [0.1, 0.15) is 33.6 Å². The van der Waals surface area contributed by atoms with Crippen molar-refractivity contribution in [1.82, 2.24) is 34.4 Å². The summed E-state index contributed by atoms with van der Waals surface area (Å²) >= 11 is 0. The molecule has 5 heterocycles. The highest BCUT2D eigenvalue weighted by atomic mass is 16.5. The number of nitrogens with zero attached hydrogens (tertiary/aromatic N) is 9. The van der Waals surface area contributed by atoms with Gasteiger partial charge in [0.25, 0.3) is 0 Å². The fourth-order valence-corrected chi connectivity index (χ4v) is 5.63. The number of piperazine rings is 1. The van der Waals surface area contributed by atoms with E-state index in [4.69, 9.17) is 25.4 Å². The zero-order valence-corrected chi connectivity index (χ0v) is 21.7. The van der Waals surface area contributed by atoms with Crippen LogP contribution in [0.25, 0.3) is 22.6 Å². The quantitative estimate of drug-likeness (QED) is 0.544. The van der Waals surface area contributed by atoms with Crippen LogP contribution in [-0.2, 0) is 16.1 Å². The second-order valence-electron chi connectivity index (χ2n) is 10.5. The lowest BCUT2D eigenvalue weighted by Crippen LogP contribution is -2.58. The molecule has 0 aromatic carbocycles. The summed E-state index contributed by atoms with van der Waals surface area (Å²) in [5.41, 5.74) is 8.06. The number of hydrogen-bond donors (Lipinski definition) is 1. The van der Waals surface area contributed by atoms with Crippen molar-refractivity contribution >= 4 is 34.8 Å². The largest absolute Gasteiger partial charge is 0.378 e. The second kappa shape index (κ2) is 9.40. The lowest BCUT2D eigenvalue weighted by Gasteiger charge is -2.44. The van der Waals surface area contributed by atoms with Crippen LogP contribution in [0.2, 0.25) is 0 Å². The van der Waals surface area contributed by atoms with Crippen LogP contribution in [0.3, 0.4) is 0 Å². The molecule has 0 spiro atoms. The van der Waals surface area contributed by atoms with Crippen molar-refractivity contribution in [3.63, 3.8) is 0 Å². The lowest BCUT2D eigenvalue weighted by molar-refractivity contribution is -0.133. The first-order valence-corrected chi connectivity index (χ1v) is 13.1. The van der Waals surface area contributed by atoms with Gasteiger partial charge in [0, 0.05) is 64.1 Å². The Morgan fingerprint density at radius 3 is 2.32 bits per heavy atom. The molecule has 12 nitrogen and oxygen atoms in total. The molecule has 3 aromatic rings. The zero-order chi connectivity index (χ0) is 25.7. The molecule has 2 aliphatic heterocycles. The van der Waals surface area contributed by atoms with E-state index >= 15 is 0 Å². The van der Waals surface area contributed by atoms with Crippen molar-refractivity contribution < 1.29 is 9.53 Å². The minimum absolute atomic E-state index is 0.0859. The first-order valence-electron chi connectivity index (χ1n) is 13.1. The molecule has 0 unspecified atom stereocenters. The summed E-state index contributed by atoms with van der Waals surface area (Å²) in [6.45, 7) is 10.9. The summed E-state index contributed by atoms with van der Waals surface area (Å²) in [6, 6.07) is 0.172. The molecule has 2 atom stereocenters. The number of fused-ring (bicyclic) bond motifs is 1. The van der Waals surface area contributed by atoms with Crippen molar-refractivity contribution in [3.8, 4) is 11.4 Å². The van der Waals surface area contributed by atoms with Crippen molar-refractivity contribution in [2.75, 3.05) is 54.9 Å². The lowest BCUT2D eigenvalue weighted by atomic mass is 10.1. The van der Waals surface area contributed by atoms with Crippen LogP contribution in [0, 0.1) is 5.92 Å². The third kappa shape index (κ3) is 4.54. The minimum atomic E-state index is 0.0859. The smallest absolute Gasteiger partial charge is 0.220 e. The van der Waals surface area contributed by atoms with Crippen molar-refractivity contribution in [2.45, 2.75) is 52.2 Å². The summed E-state index contributed by atoms with van der Waals surface area (Å²) in [4.78, 5) is 42.3. The highest BCUT2D eigenvalue weighted by Gasteiger charge is 2.35. The van der Waals surface area contributed by atoms with Crippen molar-refractivity contribution in [1.29, 1.82) is 0 Å². The van der Waals surface area contributed by atoms with E-state index in [1.165, 1.54) is 12.8 Å². The summed E-state index contributed by atoms with van der Waals surface area (Å²) < 4.78 is 7.88. The van der Waals surface area contributed by atoms with Crippen LogP contribution in [0.15, 0.2) is 12.4 Å². The number of imidazole rings is 1. The maximum atomic E-state index is 12.3. The molecule has 12 heteroatoms. The fourth-order valence-electron chi connectivity index (χ4n) is 5.63. The Hall–Kier alpha value is -3.54. The van der Waals surface area contributed by atoms with E-state index < -0.39 is 0 Å². The SMILES string of the molecule is CC(=O)N1[C@H](C)CN(c2nc3c(N4CCOCC4)nc(-c4cnc(N)nc4)nc3n2CC2CC2)C[C@@H]1C. The van der Waals surface area contributed by atoms with Gasteiger partial charge < -0.3 is 25.2 Å². The van der Waals surface area contributed by atoms with Crippen LogP contribution in [0.4, 0.5) is 17.7 Å². The van der Waals surface area contributed by atoms with E-state index in [2.05, 4.69) is 38.2 Å². The van der Waals surface area contributed by atoms with E-state index in [0.717, 1.165) is 55.7 Å². The zero-order valence-electron chi connectivity index (χ0n) is 21.7. The third-order valence-electron chi connectivity index (χ3n) is 7.50. The predicted molar refractivity (Wildman–Crippen MR) is 140 cm³/mol. The molecule has 3 aromatic heterocycles. The molecule has 0 bridgehead atoms. The van der Waals surface area contributed by atoms with Gasteiger partial charge >= 0.3 is 0 Å². The van der Waals surface area contributed by atoms with Gasteiger partial charge in [0.05, 0.1) is 18.8 Å². The number of anilines is 3. The maximum Gasteiger partial charge on any atom is 0.220 e. The Morgan fingerprint density at radius 2 is 1.70 bits per heavy atom. The fraction of sp³-hybridized carbons (Fsp3) is 0.600. The van der Waals surface area contributed by atoms with E-state index in [-0.39, 0.29) is 23.9 Å². The van der Waals surface area contributed by atoms with Gasteiger partial charge in [-0.25, -0.2) is 24.9 Å². The molecule has 3 fully saturated rings. The Morgan fingerprint density at radius 1 is 1.03 bits per heavy atom. The Kier molecular flexibility index (Phi) is 6.06. The molecule has 1 aliphatic carbocycles. The summed E-state index contributed by atoms with van der Waals surface area (Å²) in [6.07, 6.45) is 5.76. The Labute approximate surface area is 215 Å². The van der Waals surface area contributed by atoms with E-state index in [1.54, 1.807) is 19.3 Å². The number of nitrogen functional groups attached to an aromatic ring is 1. The molecule has 1 saturated carbocycles. The number of amides is 1. The summed E-state index contributed by atoms with van der Waals surface area (Å²) in [7, 11) is 0. The van der Waals surface area contributed by atoms with Gasteiger partial charge in [-0.1, -0.05) is 0 Å². The Bertz CT molecular complexity index is 1290. The van der Waals surface area contributed by atoms with Crippen LogP contribution in [0.5, 0.6) is 0 Å². The van der Waals surface area contributed by atoms with Gasteiger partial charge in [-0.2, -0.15) is 0 Å². The molecule has 6 rings (SSSR count). The topological polar surface area (TPSA) is 131 Å². The number of ether oxygens (including phenoxy) is 1. The molecule has 1 amide bonds. The van der Waals surface area contributed by atoms with E-state index in [0.29, 0.717) is 30.5 Å². The average Bonchev–Trinajstić information content (AvgIpc) is 3.63. The normalized spacial score (nSPS) is 22.6. The van der Waals surface area contributed by atoms with Crippen molar-refractivity contribution in [2.24, 2.45) is 5.92 Å². The molecule has 2 N–H and O–H groups in total. The maximum absolute atomic E-state index is 12.3. The molecular weight excluding hydrogens is 472 g/mol. The van der Waals surface area contributed by atoms with Gasteiger partial charge in [0.1, 0.15) is 0 Å². The molecular formula is C25H34N10O2. The van der Waals surface area contributed by atoms with Gasteiger partial charge in [-0.15, -0.1) is 0 Å². The molecule has 37 heavy (non-hydrogen) atoms. The highest BCUT2D eigenvalue weighted by molar-refractivity contribution is 5.88. The average molecular weight is 507 g/mol. The monoisotopic (exact) mass is 506 g/mol. The standard InChI is InChI=1S/C25H34N10O2/c1-15-12-33(13-16(2)35(15)17(3)36)25-29-20-22(32-6-8-37-9-7-32)30-21(19-10-27-24(26)28-11-19)31-23(20)34(25)14-18-4-5-18/h10-11,15-16,18H,4-9,12-14H2,1-3H3,(H2,26,27,28)/t15-,16+. The van der Waals surface area contributed by atoms with Gasteiger partial charge in [-0.05, 0) is 32.6 Å². The number of morpholine rings is 1. The number of carbonyl (C=O) groups excluding carboxylic acids is 1. The molecule has 0 radical (unpaired) electrons. The number of aromatic nitrogens is 6. The Balaban J connectivity index is 1.50. The molecule has 196 valence electrons. The number of carbonyl (C=O) groups is 1. The summed E-state index contributed by atoms with van der Waals surface area (Å²) in [5, 5.41) is 0. The molecule has 2 saturated heterocycles. The van der Waals surface area contributed by atoms with Crippen LogP contribution >= 0.6 is 0 Å². The number of nitrogens with two attached hydrogens (primary N) is 1. The number of rotatable bonds is 5. The first-order chi connectivity index (χ1) is 17.9. The van der Waals surface area contributed by atoms with E-state index in [9.17, 15) is 4.79 Å². The third-order valence-corrected chi connectivity index (χ3v) is 7.50. The van der Waals surface area contributed by atoms with E-state index in [1.807, 2.05) is 4.90 Å². The van der Waals surface area contributed by atoms with Gasteiger partial charge in [-0.3, -0.25) is 9.36 Å². The van der Waals surface area contributed by atoms with Crippen LogP contribution in [-0.4, -0.2) is 91.8 Å². The molecule has 3 aliphatic rings. The van der Waals surface area contributed by atoms with Gasteiger partial charge in [0.2, 0.25) is 17.8 Å².